The van der Waals surface area contributed by atoms with E-state index in [1.165, 1.54) is 7.11 Å². The molecule has 25 heavy (non-hydrogen) atoms. The van der Waals surface area contributed by atoms with Crippen LogP contribution in [0.1, 0.15) is 32.4 Å². The molecule has 0 fully saturated rings. The maximum absolute atomic E-state index is 10.5. The molecule has 2 unspecified atom stereocenters. The molecule has 1 aromatic carbocycles. The molecule has 0 aromatic heterocycles. The second-order valence-electron chi connectivity index (χ2n) is 7.41. The highest BCUT2D eigenvalue weighted by Gasteiger charge is 2.39. The molecular weight excluding hydrogens is 340 g/mol. The lowest BCUT2D eigenvalue weighted by Gasteiger charge is -2.36. The van der Waals surface area contributed by atoms with Crippen molar-refractivity contribution in [2.45, 2.75) is 51.1 Å². The molecule has 140 valence electrons. The number of ether oxygens (including phenoxy) is 1. The molecule has 0 spiro atoms. The van der Waals surface area contributed by atoms with Crippen LogP contribution in [0.5, 0.6) is 11.5 Å². The first kappa shape index (κ1) is 21.2. The largest absolute Gasteiger partial charge is 0.541 e. The van der Waals surface area contributed by atoms with E-state index in [4.69, 9.17) is 14.3 Å². The number of aliphatic hydroxyl groups is 2. The number of benzene rings is 1. The maximum atomic E-state index is 10.5. The number of hydrogen-bond donors (Lipinski definition) is 3. The first-order valence-electron chi connectivity index (χ1n) is 8.03. The Hall–Kier alpha value is -1.83. The molecule has 1 aromatic rings. The van der Waals surface area contributed by atoms with E-state index in [0.717, 1.165) is 12.2 Å². The van der Waals surface area contributed by atoms with Gasteiger partial charge in [-0.15, -0.1) is 0 Å². The van der Waals surface area contributed by atoms with E-state index in [9.17, 15) is 15.0 Å². The van der Waals surface area contributed by atoms with Gasteiger partial charge in [-0.25, -0.2) is 4.79 Å². The van der Waals surface area contributed by atoms with Gasteiger partial charge in [0.05, 0.1) is 7.11 Å². The van der Waals surface area contributed by atoms with Crippen LogP contribution in [0.2, 0.25) is 18.1 Å². The first-order chi connectivity index (χ1) is 11.4. The van der Waals surface area contributed by atoms with Crippen molar-refractivity contribution >= 4 is 14.3 Å². The Kier molecular flexibility index (Phi) is 6.81. The second-order valence-corrected chi connectivity index (χ2v) is 12.1. The number of carboxylic acid groups (broad SMARTS) is 1. The van der Waals surface area contributed by atoms with Crippen molar-refractivity contribution in [3.8, 4) is 11.5 Å². The average molecular weight is 369 g/mol. The van der Waals surface area contributed by atoms with Crippen LogP contribution in [-0.4, -0.2) is 42.8 Å². The number of carbonyl (C=O) groups is 1. The molecule has 0 heterocycles. The Morgan fingerprint density at radius 1 is 1.20 bits per heavy atom. The molecule has 0 saturated carbocycles. The normalized spacial score (nSPS) is 15.0. The van der Waals surface area contributed by atoms with Gasteiger partial charge in [-0.3, -0.25) is 0 Å². The highest BCUT2D eigenvalue weighted by atomic mass is 28.4. The minimum Gasteiger partial charge on any atom is -0.541 e. The highest BCUT2D eigenvalue weighted by molar-refractivity contribution is 6.74. The fourth-order valence-electron chi connectivity index (χ4n) is 1.86. The van der Waals surface area contributed by atoms with Crippen LogP contribution >= 0.6 is 0 Å². The zero-order chi connectivity index (χ0) is 19.4. The number of aliphatic carboxylic acids is 1. The van der Waals surface area contributed by atoms with Gasteiger partial charge in [0.1, 0.15) is 18.0 Å². The minimum absolute atomic E-state index is 0.0218. The summed E-state index contributed by atoms with van der Waals surface area (Å²) >= 11 is 0. The lowest BCUT2D eigenvalue weighted by molar-refractivity contribution is -0.131. The van der Waals surface area contributed by atoms with E-state index in [1.807, 2.05) is 0 Å². The standard InChI is InChI=1S/C18H28O6Si/c1-18(2,3)25(5,6)24-14-9-7-12(11-15(14)23-4)17(22)13(19)8-10-16(20)21/h7-11,13,17,19,22H,1-6H3,(H,20,21)/b10-8+. The predicted molar refractivity (Wildman–Crippen MR) is 98.6 cm³/mol. The number of hydrogen-bond acceptors (Lipinski definition) is 5. The molecule has 7 heteroatoms. The molecule has 0 aliphatic rings. The third-order valence-corrected chi connectivity index (χ3v) is 8.80. The molecule has 0 bridgehead atoms. The SMILES string of the molecule is COc1cc(C(O)C(O)/C=C/C(=O)O)ccc1O[Si](C)(C)C(C)(C)C. The Balaban J connectivity index is 3.08. The van der Waals surface area contributed by atoms with E-state index in [2.05, 4.69) is 33.9 Å². The molecule has 0 radical (unpaired) electrons. The minimum atomic E-state index is -2.05. The van der Waals surface area contributed by atoms with Crippen LogP contribution in [0.15, 0.2) is 30.4 Å². The zero-order valence-corrected chi connectivity index (χ0v) is 16.6. The van der Waals surface area contributed by atoms with E-state index < -0.39 is 26.5 Å². The lowest BCUT2D eigenvalue weighted by Crippen LogP contribution is -2.43. The third kappa shape index (κ3) is 5.59. The maximum Gasteiger partial charge on any atom is 0.328 e. The van der Waals surface area contributed by atoms with Gasteiger partial charge in [-0.1, -0.05) is 26.8 Å². The topological polar surface area (TPSA) is 96.2 Å². The van der Waals surface area contributed by atoms with Crippen molar-refractivity contribution < 1.29 is 29.3 Å². The van der Waals surface area contributed by atoms with Gasteiger partial charge in [-0.05, 0) is 41.9 Å². The quantitative estimate of drug-likeness (QED) is 0.505. The number of methoxy groups -OCH3 is 1. The van der Waals surface area contributed by atoms with Gasteiger partial charge in [0, 0.05) is 6.08 Å². The van der Waals surface area contributed by atoms with Crippen LogP contribution in [-0.2, 0) is 4.79 Å². The molecular formula is C18H28O6Si. The van der Waals surface area contributed by atoms with E-state index in [-0.39, 0.29) is 5.04 Å². The molecule has 2 atom stereocenters. The molecule has 0 saturated heterocycles. The average Bonchev–Trinajstić information content (AvgIpc) is 2.50. The first-order valence-corrected chi connectivity index (χ1v) is 10.9. The molecule has 0 aliphatic heterocycles. The van der Waals surface area contributed by atoms with Crippen LogP contribution < -0.4 is 9.16 Å². The zero-order valence-electron chi connectivity index (χ0n) is 15.6. The summed E-state index contributed by atoms with van der Waals surface area (Å²) in [6, 6.07) is 4.92. The summed E-state index contributed by atoms with van der Waals surface area (Å²) in [5.41, 5.74) is 0.405. The summed E-state index contributed by atoms with van der Waals surface area (Å²) in [7, 11) is -0.549. The van der Waals surface area contributed by atoms with Crippen LogP contribution in [0, 0.1) is 0 Å². The molecule has 0 amide bonds. The molecule has 1 rings (SSSR count). The van der Waals surface area contributed by atoms with Crippen molar-refractivity contribution in [1.29, 1.82) is 0 Å². The predicted octanol–water partition coefficient (Wildman–Crippen LogP) is 3.11. The summed E-state index contributed by atoms with van der Waals surface area (Å²) in [5, 5.41) is 28.7. The third-order valence-electron chi connectivity index (χ3n) is 4.46. The Morgan fingerprint density at radius 2 is 1.80 bits per heavy atom. The van der Waals surface area contributed by atoms with Crippen molar-refractivity contribution in [2.75, 3.05) is 7.11 Å². The Morgan fingerprint density at radius 3 is 2.28 bits per heavy atom. The van der Waals surface area contributed by atoms with Crippen molar-refractivity contribution in [1.82, 2.24) is 0 Å². The summed E-state index contributed by atoms with van der Waals surface area (Å²) < 4.78 is 11.6. The smallest absolute Gasteiger partial charge is 0.328 e. The highest BCUT2D eigenvalue weighted by Crippen LogP contribution is 2.40. The molecule has 0 aliphatic carbocycles. The summed E-state index contributed by atoms with van der Waals surface area (Å²) in [6.45, 7) is 10.6. The lowest BCUT2D eigenvalue weighted by atomic mass is 10.0. The van der Waals surface area contributed by atoms with Crippen LogP contribution in [0.25, 0.3) is 0 Å². The van der Waals surface area contributed by atoms with Gasteiger partial charge < -0.3 is 24.5 Å². The van der Waals surface area contributed by atoms with Crippen LogP contribution in [0.4, 0.5) is 0 Å². The summed E-state index contributed by atoms with van der Waals surface area (Å²) in [6.07, 6.45) is -0.793. The second kappa shape index (κ2) is 8.03. The van der Waals surface area contributed by atoms with E-state index in [0.29, 0.717) is 17.1 Å². The van der Waals surface area contributed by atoms with Crippen molar-refractivity contribution in [3.05, 3.63) is 35.9 Å². The molecule has 6 nitrogen and oxygen atoms in total. The fourth-order valence-corrected chi connectivity index (χ4v) is 2.89. The summed E-state index contributed by atoms with van der Waals surface area (Å²) in [5.74, 6) is -0.154. The van der Waals surface area contributed by atoms with E-state index >= 15 is 0 Å². The Labute approximate surface area is 149 Å². The van der Waals surface area contributed by atoms with Gasteiger partial charge in [-0.2, -0.15) is 0 Å². The van der Waals surface area contributed by atoms with Gasteiger partial charge >= 0.3 is 5.97 Å². The van der Waals surface area contributed by atoms with Gasteiger partial charge in [0.25, 0.3) is 8.32 Å². The number of carboxylic acids is 1. The van der Waals surface area contributed by atoms with Crippen molar-refractivity contribution in [3.63, 3.8) is 0 Å². The van der Waals surface area contributed by atoms with Crippen molar-refractivity contribution in [2.24, 2.45) is 0 Å². The summed E-state index contributed by atoms with van der Waals surface area (Å²) in [4.78, 5) is 10.5. The molecule has 3 N–H and O–H groups in total. The monoisotopic (exact) mass is 368 g/mol. The van der Waals surface area contributed by atoms with Gasteiger partial charge in [0.15, 0.2) is 5.75 Å². The fraction of sp³-hybridized carbons (Fsp3) is 0.500. The Bertz CT molecular complexity index is 633. The van der Waals surface area contributed by atoms with Gasteiger partial charge in [0.2, 0.25) is 0 Å². The van der Waals surface area contributed by atoms with Crippen LogP contribution in [0.3, 0.4) is 0 Å². The van der Waals surface area contributed by atoms with E-state index in [1.54, 1.807) is 18.2 Å². The number of rotatable bonds is 7. The number of aliphatic hydroxyl groups excluding tert-OH is 2.